The largest absolute Gasteiger partial charge is 0.326 e. The number of carbonyl (C=O) groups excluding carboxylic acids is 1. The highest BCUT2D eigenvalue weighted by Crippen LogP contribution is 2.25. The average Bonchev–Trinajstić information content (AvgIpc) is 2.37. The number of aromatic nitrogens is 2. The van der Waals surface area contributed by atoms with Gasteiger partial charge in [0.15, 0.2) is 10.2 Å². The Balaban J connectivity index is 2.18. The zero-order chi connectivity index (χ0) is 13.8. The molecule has 8 heteroatoms. The molecule has 0 aliphatic carbocycles. The van der Waals surface area contributed by atoms with Crippen molar-refractivity contribution in [1.82, 2.24) is 8.75 Å². The molecule has 5 nitrogen and oxygen atoms in total. The minimum absolute atomic E-state index is 0.0719. The van der Waals surface area contributed by atoms with Gasteiger partial charge in [-0.3, -0.25) is 9.59 Å². The molecule has 1 aromatic carbocycles. The van der Waals surface area contributed by atoms with Crippen molar-refractivity contribution in [2.24, 2.45) is 0 Å². The van der Waals surface area contributed by atoms with Crippen LogP contribution < -0.4 is 10.7 Å². The number of halogens is 1. The fourth-order valence-corrected chi connectivity index (χ4v) is 2.78. The molecule has 2 aromatic rings. The van der Waals surface area contributed by atoms with E-state index in [1.165, 1.54) is 18.7 Å². The van der Waals surface area contributed by atoms with Crippen molar-refractivity contribution in [3.8, 4) is 0 Å². The SMILES string of the molecule is CC(=O)Nc1ccc(Sc2nsnc(Cl)c2=O)cc1. The molecule has 0 spiro atoms. The Kier molecular flexibility index (Phi) is 4.52. The summed E-state index contributed by atoms with van der Waals surface area (Å²) in [4.78, 5) is 23.4. The number of nitrogens with zero attached hydrogens (tertiary/aromatic N) is 2. The van der Waals surface area contributed by atoms with E-state index in [9.17, 15) is 9.59 Å². The zero-order valence-electron chi connectivity index (χ0n) is 9.71. The molecule has 1 N–H and O–H groups in total. The number of amides is 1. The van der Waals surface area contributed by atoms with Crippen LogP contribution >= 0.6 is 35.1 Å². The number of carbonyl (C=O) groups is 1. The molecule has 0 radical (unpaired) electrons. The predicted molar refractivity (Wildman–Crippen MR) is 76.1 cm³/mol. The van der Waals surface area contributed by atoms with Crippen LogP contribution in [0.2, 0.25) is 5.15 Å². The zero-order valence-corrected chi connectivity index (χ0v) is 12.1. The summed E-state index contributed by atoms with van der Waals surface area (Å²) >= 11 is 7.75. The molecular weight excluding hydrogens is 306 g/mol. The lowest BCUT2D eigenvalue weighted by Crippen LogP contribution is -2.07. The molecule has 0 saturated carbocycles. The van der Waals surface area contributed by atoms with Crippen molar-refractivity contribution >= 4 is 46.7 Å². The standard InChI is InChI=1S/C11H8ClN3O2S2/c1-6(16)13-7-2-4-8(5-3-7)18-11-9(17)10(12)14-19-15-11/h2-5H,1H3,(H,13,16). The molecule has 1 aromatic heterocycles. The molecule has 0 unspecified atom stereocenters. The quantitative estimate of drug-likeness (QED) is 0.943. The lowest BCUT2D eigenvalue weighted by Gasteiger charge is -2.03. The monoisotopic (exact) mass is 313 g/mol. The summed E-state index contributed by atoms with van der Waals surface area (Å²) in [6.45, 7) is 1.44. The fraction of sp³-hybridized carbons (Fsp3) is 0.0909. The van der Waals surface area contributed by atoms with Gasteiger partial charge in [0.05, 0.1) is 11.7 Å². The normalized spacial score (nSPS) is 10.2. The summed E-state index contributed by atoms with van der Waals surface area (Å²) in [5.74, 6) is -0.133. The van der Waals surface area contributed by atoms with Crippen LogP contribution in [0.4, 0.5) is 5.69 Å². The maximum absolute atomic E-state index is 11.7. The minimum Gasteiger partial charge on any atom is -0.326 e. The van der Waals surface area contributed by atoms with E-state index in [0.717, 1.165) is 16.6 Å². The van der Waals surface area contributed by atoms with Crippen LogP contribution in [0.1, 0.15) is 6.92 Å². The molecule has 1 amide bonds. The van der Waals surface area contributed by atoms with Crippen LogP contribution in [0.3, 0.4) is 0 Å². The third-order valence-corrected chi connectivity index (χ3v) is 3.99. The van der Waals surface area contributed by atoms with E-state index in [1.54, 1.807) is 24.3 Å². The molecule has 98 valence electrons. The fourth-order valence-electron chi connectivity index (χ4n) is 1.25. The molecule has 0 bridgehead atoms. The Morgan fingerprint density at radius 2 is 2.00 bits per heavy atom. The number of rotatable bonds is 3. The summed E-state index contributed by atoms with van der Waals surface area (Å²) < 4.78 is 7.58. The number of benzene rings is 1. The van der Waals surface area contributed by atoms with Gasteiger partial charge >= 0.3 is 0 Å². The maximum Gasteiger partial charge on any atom is 0.250 e. The maximum atomic E-state index is 11.7. The van der Waals surface area contributed by atoms with Crippen molar-refractivity contribution in [2.75, 3.05) is 5.32 Å². The van der Waals surface area contributed by atoms with Crippen molar-refractivity contribution in [3.63, 3.8) is 0 Å². The van der Waals surface area contributed by atoms with Crippen molar-refractivity contribution in [1.29, 1.82) is 0 Å². The molecule has 2 rings (SSSR count). The highest BCUT2D eigenvalue weighted by Gasteiger charge is 2.08. The Hall–Kier alpha value is -1.44. The number of hydrogen-bond donors (Lipinski definition) is 1. The molecular formula is C11H8ClN3O2S2. The first-order valence-corrected chi connectivity index (χ1v) is 7.06. The molecule has 0 aliphatic rings. The molecule has 0 saturated heterocycles. The predicted octanol–water partition coefficient (Wildman–Crippen LogP) is 2.66. The van der Waals surface area contributed by atoms with Gasteiger partial charge in [0.1, 0.15) is 0 Å². The van der Waals surface area contributed by atoms with Gasteiger partial charge in [-0.2, -0.15) is 8.75 Å². The summed E-state index contributed by atoms with van der Waals surface area (Å²) in [5, 5.41) is 2.88. The molecule has 19 heavy (non-hydrogen) atoms. The summed E-state index contributed by atoms with van der Waals surface area (Å²) in [6, 6.07) is 7.08. The van der Waals surface area contributed by atoms with Gasteiger partial charge in [0, 0.05) is 17.5 Å². The lowest BCUT2D eigenvalue weighted by atomic mass is 10.3. The van der Waals surface area contributed by atoms with Crippen LogP contribution in [0.15, 0.2) is 39.0 Å². The Labute approximate surface area is 122 Å². The van der Waals surface area contributed by atoms with E-state index in [0.29, 0.717) is 5.69 Å². The van der Waals surface area contributed by atoms with Crippen LogP contribution in [0, 0.1) is 0 Å². The highest BCUT2D eigenvalue weighted by atomic mass is 35.5. The van der Waals surface area contributed by atoms with Gasteiger partial charge in [-0.05, 0) is 24.3 Å². The van der Waals surface area contributed by atoms with Gasteiger partial charge in [0.2, 0.25) is 11.3 Å². The second-order valence-electron chi connectivity index (χ2n) is 3.50. The summed E-state index contributed by atoms with van der Waals surface area (Å²) in [6.07, 6.45) is 0. The van der Waals surface area contributed by atoms with E-state index in [-0.39, 0.29) is 21.5 Å². The molecule has 0 aliphatic heterocycles. The highest BCUT2D eigenvalue weighted by molar-refractivity contribution is 7.99. The van der Waals surface area contributed by atoms with Crippen LogP contribution in [0.5, 0.6) is 0 Å². The first-order chi connectivity index (χ1) is 9.06. The second-order valence-corrected chi connectivity index (χ2v) is 5.45. The Morgan fingerprint density at radius 3 is 2.63 bits per heavy atom. The van der Waals surface area contributed by atoms with E-state index in [2.05, 4.69) is 14.1 Å². The number of hydrogen-bond acceptors (Lipinski definition) is 6. The smallest absolute Gasteiger partial charge is 0.250 e. The third kappa shape index (κ3) is 3.76. The first-order valence-electron chi connectivity index (χ1n) is 5.14. The van der Waals surface area contributed by atoms with Crippen molar-refractivity contribution in [2.45, 2.75) is 16.8 Å². The summed E-state index contributed by atoms with van der Waals surface area (Å²) in [5.41, 5.74) is 0.319. The minimum atomic E-state index is -0.378. The number of anilines is 1. The van der Waals surface area contributed by atoms with E-state index < -0.39 is 0 Å². The van der Waals surface area contributed by atoms with Crippen LogP contribution in [0.25, 0.3) is 0 Å². The van der Waals surface area contributed by atoms with Crippen LogP contribution in [-0.4, -0.2) is 14.7 Å². The van der Waals surface area contributed by atoms with Gasteiger partial charge in [0.25, 0.3) is 0 Å². The number of nitrogens with one attached hydrogen (secondary N) is 1. The topological polar surface area (TPSA) is 72.0 Å². The third-order valence-electron chi connectivity index (χ3n) is 2.02. The van der Waals surface area contributed by atoms with Crippen LogP contribution in [-0.2, 0) is 4.79 Å². The molecule has 1 heterocycles. The second kappa shape index (κ2) is 6.14. The van der Waals surface area contributed by atoms with Gasteiger partial charge < -0.3 is 5.32 Å². The van der Waals surface area contributed by atoms with Crippen molar-refractivity contribution < 1.29 is 4.79 Å². The van der Waals surface area contributed by atoms with E-state index in [4.69, 9.17) is 11.6 Å². The molecule has 0 atom stereocenters. The van der Waals surface area contributed by atoms with Gasteiger partial charge in [-0.25, -0.2) is 0 Å². The van der Waals surface area contributed by atoms with E-state index >= 15 is 0 Å². The lowest BCUT2D eigenvalue weighted by molar-refractivity contribution is -0.114. The Morgan fingerprint density at radius 1 is 1.32 bits per heavy atom. The van der Waals surface area contributed by atoms with Gasteiger partial charge in [-0.1, -0.05) is 23.4 Å². The van der Waals surface area contributed by atoms with E-state index in [1.807, 2.05) is 0 Å². The molecule has 0 fully saturated rings. The first kappa shape index (κ1) is 14.0. The summed E-state index contributed by atoms with van der Waals surface area (Å²) in [7, 11) is 0. The van der Waals surface area contributed by atoms with Crippen molar-refractivity contribution in [3.05, 3.63) is 39.6 Å². The average molecular weight is 314 g/mol. The Bertz CT molecular complexity index is 658. The van der Waals surface area contributed by atoms with Gasteiger partial charge in [-0.15, -0.1) is 0 Å².